The monoisotopic (exact) mass is 276 g/mol. The van der Waals surface area contributed by atoms with Gasteiger partial charge in [-0.05, 0) is 32.0 Å². The number of halogens is 2. The van der Waals surface area contributed by atoms with Crippen LogP contribution in [0, 0.1) is 5.41 Å². The summed E-state index contributed by atoms with van der Waals surface area (Å²) in [5.74, 6) is 0.199. The van der Waals surface area contributed by atoms with Gasteiger partial charge in [0.25, 0.3) is 0 Å². The Bertz CT molecular complexity index is 396. The predicted octanol–water partition coefficient (Wildman–Crippen LogP) is 3.57. The lowest BCUT2D eigenvalue weighted by Crippen LogP contribution is -2.32. The third kappa shape index (κ3) is 4.10. The second-order valence-corrected chi connectivity index (χ2v) is 5.14. The van der Waals surface area contributed by atoms with Crippen LogP contribution < -0.4 is 4.74 Å². The summed E-state index contributed by atoms with van der Waals surface area (Å²) < 4.78 is 10.2. The molecule has 0 saturated carbocycles. The van der Waals surface area contributed by atoms with Crippen molar-refractivity contribution in [3.63, 3.8) is 0 Å². The molecule has 0 heterocycles. The molecule has 0 radical (unpaired) electrons. The summed E-state index contributed by atoms with van der Waals surface area (Å²) >= 11 is 11.7. The van der Waals surface area contributed by atoms with Crippen LogP contribution >= 0.6 is 23.2 Å². The van der Waals surface area contributed by atoms with Crippen molar-refractivity contribution in [1.29, 1.82) is 0 Å². The molecule has 17 heavy (non-hydrogen) atoms. The van der Waals surface area contributed by atoms with Crippen LogP contribution in [0.4, 0.5) is 0 Å². The van der Waals surface area contributed by atoms with Crippen molar-refractivity contribution in [3.05, 3.63) is 28.2 Å². The molecule has 0 atom stereocenters. The van der Waals surface area contributed by atoms with Crippen molar-refractivity contribution in [2.45, 2.75) is 13.8 Å². The van der Waals surface area contributed by atoms with Crippen molar-refractivity contribution in [2.24, 2.45) is 5.41 Å². The number of hydrogen-bond acceptors (Lipinski definition) is 3. The Morgan fingerprint density at radius 3 is 2.24 bits per heavy atom. The van der Waals surface area contributed by atoms with E-state index in [1.165, 1.54) is 7.11 Å². The second-order valence-electron chi connectivity index (χ2n) is 4.27. The zero-order chi connectivity index (χ0) is 13.1. The molecule has 0 aromatic heterocycles. The number of methoxy groups -OCH3 is 1. The topological polar surface area (TPSA) is 35.5 Å². The molecule has 0 unspecified atom stereocenters. The predicted molar refractivity (Wildman–Crippen MR) is 67.8 cm³/mol. The number of ether oxygens (including phenoxy) is 2. The van der Waals surface area contributed by atoms with Crippen molar-refractivity contribution in [1.82, 2.24) is 0 Å². The first-order valence-electron chi connectivity index (χ1n) is 5.02. The van der Waals surface area contributed by atoms with E-state index in [0.717, 1.165) is 0 Å². The van der Waals surface area contributed by atoms with Gasteiger partial charge in [0, 0.05) is 10.0 Å². The van der Waals surface area contributed by atoms with Crippen LogP contribution in [0.1, 0.15) is 13.8 Å². The Hall–Kier alpha value is -0.930. The van der Waals surface area contributed by atoms with Crippen molar-refractivity contribution in [3.8, 4) is 5.75 Å². The van der Waals surface area contributed by atoms with Gasteiger partial charge < -0.3 is 9.47 Å². The Balaban J connectivity index is 2.70. The molecular weight excluding hydrogens is 263 g/mol. The van der Waals surface area contributed by atoms with Gasteiger partial charge in [0.05, 0.1) is 12.5 Å². The van der Waals surface area contributed by atoms with E-state index in [-0.39, 0.29) is 12.6 Å². The fourth-order valence-electron chi connectivity index (χ4n) is 1.21. The fourth-order valence-corrected chi connectivity index (χ4v) is 1.72. The minimum absolute atomic E-state index is 0.191. The minimum Gasteiger partial charge on any atom is -0.492 e. The van der Waals surface area contributed by atoms with Gasteiger partial charge in [0.1, 0.15) is 12.4 Å². The highest BCUT2D eigenvalue weighted by Gasteiger charge is 2.29. The quantitative estimate of drug-likeness (QED) is 0.789. The molecule has 1 rings (SSSR count). The summed E-state index contributed by atoms with van der Waals surface area (Å²) in [4.78, 5) is 11.4. The van der Waals surface area contributed by atoms with Crippen LogP contribution in [0.2, 0.25) is 10.0 Å². The zero-order valence-electron chi connectivity index (χ0n) is 9.92. The molecule has 5 heteroatoms. The van der Waals surface area contributed by atoms with Crippen molar-refractivity contribution >= 4 is 29.2 Å². The normalized spacial score (nSPS) is 11.1. The molecule has 0 aliphatic carbocycles. The maximum absolute atomic E-state index is 11.4. The third-order valence-electron chi connectivity index (χ3n) is 2.17. The first kappa shape index (κ1) is 14.1. The van der Waals surface area contributed by atoms with E-state index < -0.39 is 5.41 Å². The summed E-state index contributed by atoms with van der Waals surface area (Å²) in [5.41, 5.74) is -0.719. The average Bonchev–Trinajstić information content (AvgIpc) is 2.24. The second kappa shape index (κ2) is 5.61. The highest BCUT2D eigenvalue weighted by atomic mass is 35.5. The van der Waals surface area contributed by atoms with Gasteiger partial charge in [0.2, 0.25) is 0 Å². The maximum Gasteiger partial charge on any atom is 0.314 e. The van der Waals surface area contributed by atoms with Gasteiger partial charge in [-0.1, -0.05) is 23.2 Å². The van der Waals surface area contributed by atoms with Crippen LogP contribution in [-0.2, 0) is 9.53 Å². The first-order chi connectivity index (χ1) is 7.85. The average molecular weight is 277 g/mol. The first-order valence-corrected chi connectivity index (χ1v) is 5.78. The van der Waals surface area contributed by atoms with Crippen LogP contribution in [0.15, 0.2) is 18.2 Å². The lowest BCUT2D eigenvalue weighted by Gasteiger charge is -2.21. The van der Waals surface area contributed by atoms with Gasteiger partial charge in [-0.25, -0.2) is 0 Å². The smallest absolute Gasteiger partial charge is 0.314 e. The molecule has 0 spiro atoms. The molecule has 0 fully saturated rings. The molecule has 0 N–H and O–H groups in total. The largest absolute Gasteiger partial charge is 0.492 e. The van der Waals surface area contributed by atoms with Gasteiger partial charge in [0.15, 0.2) is 0 Å². The SMILES string of the molecule is COC(=O)C(C)(C)COc1cc(Cl)cc(Cl)c1. The van der Waals surface area contributed by atoms with E-state index in [2.05, 4.69) is 4.74 Å². The molecule has 0 amide bonds. The van der Waals surface area contributed by atoms with Gasteiger partial charge in [-0.15, -0.1) is 0 Å². The molecular formula is C12H14Cl2O3. The molecule has 3 nitrogen and oxygen atoms in total. The molecule has 0 saturated heterocycles. The lowest BCUT2D eigenvalue weighted by atomic mass is 9.95. The molecule has 0 aliphatic heterocycles. The van der Waals surface area contributed by atoms with Gasteiger partial charge in [-0.2, -0.15) is 0 Å². The van der Waals surface area contributed by atoms with E-state index >= 15 is 0 Å². The number of carbonyl (C=O) groups is 1. The molecule has 1 aromatic carbocycles. The number of rotatable bonds is 4. The summed E-state index contributed by atoms with van der Waals surface area (Å²) in [6.07, 6.45) is 0. The lowest BCUT2D eigenvalue weighted by molar-refractivity contribution is -0.152. The van der Waals surface area contributed by atoms with E-state index in [9.17, 15) is 4.79 Å². The summed E-state index contributed by atoms with van der Waals surface area (Å²) in [5, 5.41) is 0.978. The Morgan fingerprint density at radius 1 is 1.24 bits per heavy atom. The van der Waals surface area contributed by atoms with Crippen LogP contribution in [0.3, 0.4) is 0 Å². The summed E-state index contributed by atoms with van der Waals surface area (Å²) in [7, 11) is 1.35. The Labute approximate surface area is 111 Å². The number of esters is 1. The van der Waals surface area contributed by atoms with Crippen molar-refractivity contribution < 1.29 is 14.3 Å². The minimum atomic E-state index is -0.719. The van der Waals surface area contributed by atoms with Crippen LogP contribution in [-0.4, -0.2) is 19.7 Å². The number of benzene rings is 1. The van der Waals surface area contributed by atoms with E-state index in [1.54, 1.807) is 32.0 Å². The summed E-state index contributed by atoms with van der Waals surface area (Å²) in [6.45, 7) is 3.67. The van der Waals surface area contributed by atoms with Crippen molar-refractivity contribution in [2.75, 3.05) is 13.7 Å². The highest BCUT2D eigenvalue weighted by Crippen LogP contribution is 2.26. The van der Waals surface area contributed by atoms with Gasteiger partial charge >= 0.3 is 5.97 Å². The summed E-state index contributed by atoms with van der Waals surface area (Å²) in [6, 6.07) is 4.89. The number of hydrogen-bond donors (Lipinski definition) is 0. The standard InChI is InChI=1S/C12H14Cl2O3/c1-12(2,11(15)16-3)7-17-10-5-8(13)4-9(14)6-10/h4-6H,7H2,1-3H3. The fraction of sp³-hybridized carbons (Fsp3) is 0.417. The number of carbonyl (C=O) groups excluding carboxylic acids is 1. The molecule has 94 valence electrons. The van der Waals surface area contributed by atoms with Crippen LogP contribution in [0.5, 0.6) is 5.75 Å². The molecule has 1 aromatic rings. The zero-order valence-corrected chi connectivity index (χ0v) is 11.4. The van der Waals surface area contributed by atoms with Gasteiger partial charge in [-0.3, -0.25) is 4.79 Å². The highest BCUT2D eigenvalue weighted by molar-refractivity contribution is 6.34. The van der Waals surface area contributed by atoms with E-state index in [4.69, 9.17) is 27.9 Å². The third-order valence-corrected chi connectivity index (χ3v) is 2.61. The van der Waals surface area contributed by atoms with E-state index in [1.807, 2.05) is 0 Å². The molecule has 0 bridgehead atoms. The molecule has 0 aliphatic rings. The Kier molecular flexibility index (Phi) is 4.66. The van der Waals surface area contributed by atoms with E-state index in [0.29, 0.717) is 15.8 Å². The Morgan fingerprint density at radius 2 is 1.76 bits per heavy atom. The maximum atomic E-state index is 11.4. The van der Waals surface area contributed by atoms with Crippen LogP contribution in [0.25, 0.3) is 0 Å².